The van der Waals surface area contributed by atoms with Gasteiger partial charge in [-0.1, -0.05) is 13.8 Å². The number of rotatable bonds is 1. The van der Waals surface area contributed by atoms with Crippen molar-refractivity contribution >= 4 is 11.8 Å². The minimum absolute atomic E-state index is 0.482. The van der Waals surface area contributed by atoms with Gasteiger partial charge in [-0.2, -0.15) is 11.8 Å². The van der Waals surface area contributed by atoms with Crippen molar-refractivity contribution in [3.63, 3.8) is 0 Å². The van der Waals surface area contributed by atoms with Gasteiger partial charge in [0.25, 0.3) is 0 Å². The van der Waals surface area contributed by atoms with Gasteiger partial charge in [-0.3, -0.25) is 4.90 Å². The maximum absolute atomic E-state index is 5.96. The van der Waals surface area contributed by atoms with E-state index in [1.807, 2.05) is 0 Å². The van der Waals surface area contributed by atoms with Crippen LogP contribution in [0.5, 0.6) is 0 Å². The van der Waals surface area contributed by atoms with Crippen molar-refractivity contribution in [2.45, 2.75) is 62.1 Å². The van der Waals surface area contributed by atoms with Crippen LogP contribution >= 0.6 is 11.8 Å². The summed E-state index contributed by atoms with van der Waals surface area (Å²) in [5, 5.41) is 1.62. The third-order valence-electron chi connectivity index (χ3n) is 3.71. The fourth-order valence-electron chi connectivity index (χ4n) is 2.98. The summed E-state index contributed by atoms with van der Waals surface area (Å²) in [7, 11) is 0. The lowest BCUT2D eigenvalue weighted by atomic mass is 9.90. The normalized spacial score (nSPS) is 44.2. The van der Waals surface area contributed by atoms with E-state index >= 15 is 0 Å². The summed E-state index contributed by atoms with van der Waals surface area (Å²) in [6, 6.07) is 1.31. The van der Waals surface area contributed by atoms with E-state index in [1.165, 1.54) is 38.8 Å². The Balaban J connectivity index is 1.87. The van der Waals surface area contributed by atoms with Gasteiger partial charge in [0.2, 0.25) is 0 Å². The van der Waals surface area contributed by atoms with Crippen molar-refractivity contribution in [2.24, 2.45) is 5.73 Å². The van der Waals surface area contributed by atoms with Gasteiger partial charge in [0, 0.05) is 35.7 Å². The van der Waals surface area contributed by atoms with Crippen LogP contribution in [0.2, 0.25) is 0 Å². The van der Waals surface area contributed by atoms with Gasteiger partial charge in [0.15, 0.2) is 0 Å². The number of nitrogens with zero attached hydrogens (tertiary/aromatic N) is 1. The molecule has 2 N–H and O–H groups in total. The van der Waals surface area contributed by atoms with Crippen LogP contribution in [0.4, 0.5) is 0 Å². The lowest BCUT2D eigenvalue weighted by Gasteiger charge is -2.42. The summed E-state index contributed by atoms with van der Waals surface area (Å²) in [4.78, 5) is 2.72. The van der Waals surface area contributed by atoms with Crippen molar-refractivity contribution < 1.29 is 0 Å². The van der Waals surface area contributed by atoms with Crippen molar-refractivity contribution in [1.82, 2.24) is 4.90 Å². The van der Waals surface area contributed by atoms with Crippen molar-refractivity contribution in [2.75, 3.05) is 13.1 Å². The standard InChI is InChI=1S/C12H24N2S/c1-9-7-14(8-10(2)15-9)12-5-3-11(13)4-6-12/h9-12H,3-8,13H2,1-2H3. The first-order chi connectivity index (χ1) is 7.15. The molecule has 1 heterocycles. The van der Waals surface area contributed by atoms with Crippen LogP contribution in [0.1, 0.15) is 39.5 Å². The van der Waals surface area contributed by atoms with Crippen molar-refractivity contribution in [1.29, 1.82) is 0 Å². The molecular weight excluding hydrogens is 204 g/mol. The van der Waals surface area contributed by atoms with Crippen LogP contribution in [0, 0.1) is 0 Å². The van der Waals surface area contributed by atoms with Gasteiger partial charge in [-0.15, -0.1) is 0 Å². The van der Waals surface area contributed by atoms with Crippen LogP contribution < -0.4 is 5.73 Å². The maximum atomic E-state index is 5.96. The molecule has 0 bridgehead atoms. The molecule has 0 aromatic carbocycles. The second kappa shape index (κ2) is 5.07. The quantitative estimate of drug-likeness (QED) is 0.745. The molecule has 0 aromatic rings. The number of thioether (sulfide) groups is 1. The van der Waals surface area contributed by atoms with Gasteiger partial charge < -0.3 is 5.73 Å². The average Bonchev–Trinajstić information content (AvgIpc) is 2.17. The van der Waals surface area contributed by atoms with Gasteiger partial charge in [0.1, 0.15) is 0 Å². The molecule has 2 aliphatic rings. The van der Waals surface area contributed by atoms with Gasteiger partial charge >= 0.3 is 0 Å². The Hall–Kier alpha value is 0.270. The average molecular weight is 228 g/mol. The van der Waals surface area contributed by atoms with Crippen LogP contribution in [0.15, 0.2) is 0 Å². The van der Waals surface area contributed by atoms with E-state index in [-0.39, 0.29) is 0 Å². The van der Waals surface area contributed by atoms with Crippen molar-refractivity contribution in [3.05, 3.63) is 0 Å². The first kappa shape index (κ1) is 11.7. The molecule has 88 valence electrons. The highest BCUT2D eigenvalue weighted by Crippen LogP contribution is 2.30. The molecule has 2 nitrogen and oxygen atoms in total. The summed E-state index contributed by atoms with van der Waals surface area (Å²) in [6.07, 6.45) is 5.12. The third kappa shape index (κ3) is 3.11. The Bertz CT molecular complexity index is 192. The fraction of sp³-hybridized carbons (Fsp3) is 1.00. The molecule has 1 saturated heterocycles. The molecular formula is C12H24N2S. The Morgan fingerprint density at radius 2 is 1.53 bits per heavy atom. The Morgan fingerprint density at radius 3 is 2.07 bits per heavy atom. The largest absolute Gasteiger partial charge is 0.328 e. The molecule has 3 heteroatoms. The summed E-state index contributed by atoms with van der Waals surface area (Å²) in [5.41, 5.74) is 5.96. The smallest absolute Gasteiger partial charge is 0.0149 e. The molecule has 0 radical (unpaired) electrons. The molecule has 1 aliphatic carbocycles. The molecule has 2 fully saturated rings. The zero-order valence-corrected chi connectivity index (χ0v) is 10.8. The van der Waals surface area contributed by atoms with Crippen LogP contribution in [0.25, 0.3) is 0 Å². The summed E-state index contributed by atoms with van der Waals surface area (Å²) in [5.74, 6) is 0. The lowest BCUT2D eigenvalue weighted by Crippen LogP contribution is -2.48. The number of hydrogen-bond acceptors (Lipinski definition) is 3. The van der Waals surface area contributed by atoms with Gasteiger partial charge in [-0.25, -0.2) is 0 Å². The zero-order valence-electron chi connectivity index (χ0n) is 9.98. The predicted octanol–water partition coefficient (Wildman–Crippen LogP) is 2.08. The summed E-state index contributed by atoms with van der Waals surface area (Å²) in [6.45, 7) is 7.30. The molecule has 0 spiro atoms. The summed E-state index contributed by atoms with van der Waals surface area (Å²) >= 11 is 2.14. The van der Waals surface area contributed by atoms with E-state index in [0.29, 0.717) is 6.04 Å². The van der Waals surface area contributed by atoms with E-state index < -0.39 is 0 Å². The lowest BCUT2D eigenvalue weighted by molar-refractivity contribution is 0.148. The molecule has 1 saturated carbocycles. The van der Waals surface area contributed by atoms with E-state index in [0.717, 1.165) is 16.5 Å². The molecule has 1 aliphatic heterocycles. The van der Waals surface area contributed by atoms with Crippen molar-refractivity contribution in [3.8, 4) is 0 Å². The van der Waals surface area contributed by atoms with Crippen LogP contribution in [-0.4, -0.2) is 40.6 Å². The minimum atomic E-state index is 0.482. The highest BCUT2D eigenvalue weighted by Gasteiger charge is 2.29. The van der Waals surface area contributed by atoms with Crippen LogP contribution in [-0.2, 0) is 0 Å². The Labute approximate surface area is 98.0 Å². The zero-order chi connectivity index (χ0) is 10.8. The molecule has 15 heavy (non-hydrogen) atoms. The van der Waals surface area contributed by atoms with Crippen LogP contribution in [0.3, 0.4) is 0 Å². The van der Waals surface area contributed by atoms with Gasteiger partial charge in [0.05, 0.1) is 0 Å². The number of hydrogen-bond donors (Lipinski definition) is 1. The van der Waals surface area contributed by atoms with E-state index in [1.54, 1.807) is 0 Å². The molecule has 0 amide bonds. The molecule has 2 atom stereocenters. The topological polar surface area (TPSA) is 29.3 Å². The Morgan fingerprint density at radius 1 is 1.00 bits per heavy atom. The fourth-order valence-corrected chi connectivity index (χ4v) is 4.33. The molecule has 2 unspecified atom stereocenters. The monoisotopic (exact) mass is 228 g/mol. The Kier molecular flexibility index (Phi) is 3.97. The SMILES string of the molecule is CC1CN(C2CCC(N)CC2)CC(C)S1. The minimum Gasteiger partial charge on any atom is -0.328 e. The van der Waals surface area contributed by atoms with E-state index in [4.69, 9.17) is 5.73 Å². The third-order valence-corrected chi connectivity index (χ3v) is 4.93. The molecule has 0 aromatic heterocycles. The van der Waals surface area contributed by atoms with E-state index in [2.05, 4.69) is 30.5 Å². The highest BCUT2D eigenvalue weighted by molar-refractivity contribution is 8.00. The first-order valence-electron chi connectivity index (χ1n) is 6.30. The molecule has 2 rings (SSSR count). The second-order valence-electron chi connectivity index (χ2n) is 5.28. The highest BCUT2D eigenvalue weighted by atomic mass is 32.2. The number of nitrogens with two attached hydrogens (primary N) is 1. The second-order valence-corrected chi connectivity index (χ2v) is 7.16. The summed E-state index contributed by atoms with van der Waals surface area (Å²) < 4.78 is 0. The first-order valence-corrected chi connectivity index (χ1v) is 7.24. The van der Waals surface area contributed by atoms with Gasteiger partial charge in [-0.05, 0) is 25.7 Å². The van der Waals surface area contributed by atoms with E-state index in [9.17, 15) is 0 Å². The maximum Gasteiger partial charge on any atom is 0.0149 e. The predicted molar refractivity (Wildman–Crippen MR) is 68.3 cm³/mol.